The Kier molecular flexibility index (Phi) is 8.44. The van der Waals surface area contributed by atoms with Gasteiger partial charge < -0.3 is 14.4 Å². The first kappa shape index (κ1) is 26.7. The van der Waals surface area contributed by atoms with Gasteiger partial charge in [-0.05, 0) is 67.1 Å². The molecule has 36 heavy (non-hydrogen) atoms. The van der Waals surface area contributed by atoms with E-state index in [1.165, 1.54) is 0 Å². The Hall–Kier alpha value is -2.34. The van der Waals surface area contributed by atoms with E-state index in [0.29, 0.717) is 28.1 Å². The minimum atomic E-state index is -0.533. The fourth-order valence-corrected chi connectivity index (χ4v) is 6.46. The summed E-state index contributed by atoms with van der Waals surface area (Å²) in [5.74, 6) is 2.30. The lowest BCUT2D eigenvalue weighted by atomic mass is 9.69. The summed E-state index contributed by atoms with van der Waals surface area (Å²) in [5.41, 5.74) is 2.55. The third kappa shape index (κ3) is 5.49. The van der Waals surface area contributed by atoms with E-state index in [9.17, 15) is 4.79 Å². The second kappa shape index (κ2) is 11.4. The van der Waals surface area contributed by atoms with E-state index >= 15 is 0 Å². The van der Waals surface area contributed by atoms with Crippen molar-refractivity contribution in [3.63, 3.8) is 0 Å². The molecular formula is C29H31Cl2NO3S. The van der Waals surface area contributed by atoms with Crippen LogP contribution in [0.3, 0.4) is 0 Å². The molecule has 4 rings (SSSR count). The molecule has 0 aromatic heterocycles. The van der Waals surface area contributed by atoms with Gasteiger partial charge in [-0.1, -0.05) is 47.5 Å². The average Bonchev–Trinajstić information content (AvgIpc) is 2.87. The summed E-state index contributed by atoms with van der Waals surface area (Å²) >= 11 is 14.4. The number of benzene rings is 3. The smallest absolute Gasteiger partial charge is 0.230 e. The van der Waals surface area contributed by atoms with Gasteiger partial charge in [0.2, 0.25) is 5.91 Å². The number of likely N-dealkylation sites (tertiary alicyclic amines) is 1. The topological polar surface area (TPSA) is 38.8 Å². The maximum atomic E-state index is 14.3. The molecule has 0 aliphatic carbocycles. The molecule has 0 bridgehead atoms. The molecule has 3 atom stereocenters. The number of hydrogen-bond donors (Lipinski definition) is 0. The molecule has 1 saturated heterocycles. The molecule has 0 radical (unpaired) electrons. The van der Waals surface area contributed by atoms with Crippen LogP contribution in [0.25, 0.3) is 0 Å². The van der Waals surface area contributed by atoms with Crippen LogP contribution in [-0.4, -0.2) is 37.0 Å². The maximum absolute atomic E-state index is 14.3. The summed E-state index contributed by atoms with van der Waals surface area (Å²) in [7, 11) is 3.27. The van der Waals surface area contributed by atoms with Crippen LogP contribution < -0.4 is 9.47 Å². The molecule has 1 amide bonds. The third-order valence-electron chi connectivity index (χ3n) is 6.95. The standard InChI is InChI=1S/C29H31Cl2NO3S/c1-29(18-36-4)16-25(20-6-5-7-23(31)14-20)27(19-8-11-22(30)12-9-19)32(28(29)33)17-21-10-13-24(34-2)15-26(21)35-3/h5-15,25,27H,16-18H2,1-4H3/t25-,27-,29-/m1/s1. The van der Waals surface area contributed by atoms with Crippen molar-refractivity contribution in [2.24, 2.45) is 5.41 Å². The molecule has 4 nitrogen and oxygen atoms in total. The number of nitrogens with zero attached hydrogens (tertiary/aromatic N) is 1. The third-order valence-corrected chi connectivity index (χ3v) is 8.36. The Morgan fingerprint density at radius 3 is 2.36 bits per heavy atom. The van der Waals surface area contributed by atoms with Crippen LogP contribution in [-0.2, 0) is 11.3 Å². The van der Waals surface area contributed by atoms with Crippen LogP contribution in [0.4, 0.5) is 0 Å². The lowest BCUT2D eigenvalue weighted by molar-refractivity contribution is -0.150. The van der Waals surface area contributed by atoms with Crippen molar-refractivity contribution in [2.75, 3.05) is 26.2 Å². The Labute approximate surface area is 227 Å². The average molecular weight is 545 g/mol. The van der Waals surface area contributed by atoms with Gasteiger partial charge in [-0.2, -0.15) is 11.8 Å². The highest BCUT2D eigenvalue weighted by Crippen LogP contribution is 2.51. The summed E-state index contributed by atoms with van der Waals surface area (Å²) in [6.45, 7) is 2.49. The van der Waals surface area contributed by atoms with Crippen molar-refractivity contribution in [1.29, 1.82) is 0 Å². The van der Waals surface area contributed by atoms with Crippen molar-refractivity contribution in [3.8, 4) is 11.5 Å². The number of amides is 1. The lowest BCUT2D eigenvalue weighted by Crippen LogP contribution is -2.52. The fourth-order valence-electron chi connectivity index (χ4n) is 5.26. The van der Waals surface area contributed by atoms with Crippen molar-refractivity contribution in [3.05, 3.63) is 93.5 Å². The Morgan fingerprint density at radius 2 is 1.72 bits per heavy atom. The van der Waals surface area contributed by atoms with Crippen molar-refractivity contribution < 1.29 is 14.3 Å². The molecule has 1 aliphatic rings. The quantitative estimate of drug-likeness (QED) is 0.292. The van der Waals surface area contributed by atoms with Gasteiger partial charge >= 0.3 is 0 Å². The minimum Gasteiger partial charge on any atom is -0.497 e. The molecule has 7 heteroatoms. The first-order valence-corrected chi connectivity index (χ1v) is 14.0. The summed E-state index contributed by atoms with van der Waals surface area (Å²) in [6, 6.07) is 21.4. The highest BCUT2D eigenvalue weighted by atomic mass is 35.5. The Bertz CT molecular complexity index is 1220. The number of rotatable bonds is 8. The van der Waals surface area contributed by atoms with E-state index < -0.39 is 5.41 Å². The molecule has 1 aliphatic heterocycles. The van der Waals surface area contributed by atoms with Gasteiger partial charge in [0.1, 0.15) is 11.5 Å². The number of ether oxygens (including phenoxy) is 2. The van der Waals surface area contributed by atoms with E-state index in [1.807, 2.05) is 65.6 Å². The molecule has 190 valence electrons. The number of halogens is 2. The van der Waals surface area contributed by atoms with Gasteiger partial charge in [0, 0.05) is 39.9 Å². The van der Waals surface area contributed by atoms with Gasteiger partial charge in [-0.15, -0.1) is 0 Å². The molecule has 0 unspecified atom stereocenters. The largest absolute Gasteiger partial charge is 0.497 e. The van der Waals surface area contributed by atoms with Crippen LogP contribution in [0.1, 0.15) is 42.0 Å². The Morgan fingerprint density at radius 1 is 0.972 bits per heavy atom. The molecule has 0 spiro atoms. The highest BCUT2D eigenvalue weighted by Gasteiger charge is 2.49. The van der Waals surface area contributed by atoms with E-state index in [0.717, 1.165) is 28.9 Å². The first-order valence-electron chi connectivity index (χ1n) is 11.8. The molecule has 0 saturated carbocycles. The van der Waals surface area contributed by atoms with Gasteiger partial charge in [0.05, 0.1) is 25.7 Å². The monoisotopic (exact) mass is 543 g/mol. The summed E-state index contributed by atoms with van der Waals surface area (Å²) in [5, 5.41) is 1.35. The van der Waals surface area contributed by atoms with Gasteiger partial charge in [-0.3, -0.25) is 4.79 Å². The maximum Gasteiger partial charge on any atom is 0.230 e. The van der Waals surface area contributed by atoms with Crippen molar-refractivity contribution in [1.82, 2.24) is 4.90 Å². The molecular weight excluding hydrogens is 513 g/mol. The number of carbonyl (C=O) groups excluding carboxylic acids is 1. The molecule has 0 N–H and O–H groups in total. The van der Waals surface area contributed by atoms with Crippen LogP contribution >= 0.6 is 35.0 Å². The molecule has 1 fully saturated rings. The van der Waals surface area contributed by atoms with Crippen LogP contribution in [0.5, 0.6) is 11.5 Å². The van der Waals surface area contributed by atoms with E-state index in [4.69, 9.17) is 32.7 Å². The minimum absolute atomic E-state index is 0.0453. The van der Waals surface area contributed by atoms with Gasteiger partial charge in [0.25, 0.3) is 0 Å². The fraction of sp³-hybridized carbons (Fsp3) is 0.345. The predicted molar refractivity (Wildman–Crippen MR) is 150 cm³/mol. The number of methoxy groups -OCH3 is 2. The van der Waals surface area contributed by atoms with E-state index in [1.54, 1.807) is 26.0 Å². The second-order valence-electron chi connectivity index (χ2n) is 9.47. The van der Waals surface area contributed by atoms with Crippen LogP contribution in [0, 0.1) is 5.41 Å². The number of carbonyl (C=O) groups is 1. The zero-order valence-electron chi connectivity index (χ0n) is 21.0. The lowest BCUT2D eigenvalue weighted by Gasteiger charge is -2.49. The van der Waals surface area contributed by atoms with E-state index in [2.05, 4.69) is 19.2 Å². The normalized spacial score (nSPS) is 21.9. The molecule has 3 aromatic rings. The summed E-state index contributed by atoms with van der Waals surface area (Å²) in [4.78, 5) is 16.3. The van der Waals surface area contributed by atoms with E-state index in [-0.39, 0.29) is 17.9 Å². The van der Waals surface area contributed by atoms with Gasteiger partial charge in [-0.25, -0.2) is 0 Å². The predicted octanol–water partition coefficient (Wildman–Crippen LogP) is 7.64. The number of thioether (sulfide) groups is 1. The summed E-state index contributed by atoms with van der Waals surface area (Å²) in [6.07, 6.45) is 2.77. The number of piperidine rings is 1. The molecule has 1 heterocycles. The Balaban J connectivity index is 1.88. The first-order chi connectivity index (χ1) is 17.3. The highest BCUT2D eigenvalue weighted by molar-refractivity contribution is 7.98. The van der Waals surface area contributed by atoms with Crippen molar-refractivity contribution >= 4 is 40.9 Å². The zero-order chi connectivity index (χ0) is 25.9. The van der Waals surface area contributed by atoms with Gasteiger partial charge in [0.15, 0.2) is 0 Å². The van der Waals surface area contributed by atoms with Crippen LogP contribution in [0.15, 0.2) is 66.7 Å². The number of hydrogen-bond acceptors (Lipinski definition) is 4. The molecule has 3 aromatic carbocycles. The van der Waals surface area contributed by atoms with Crippen molar-refractivity contribution in [2.45, 2.75) is 31.8 Å². The zero-order valence-corrected chi connectivity index (χ0v) is 23.3. The SMILES string of the molecule is COc1ccc(CN2C(=O)[C@@](C)(CSC)C[C@H](c3cccc(Cl)c3)[C@H]2c2ccc(Cl)cc2)c(OC)c1. The summed E-state index contributed by atoms with van der Waals surface area (Å²) < 4.78 is 11.1. The second-order valence-corrected chi connectivity index (χ2v) is 11.2. The van der Waals surface area contributed by atoms with Crippen LogP contribution in [0.2, 0.25) is 10.0 Å².